The highest BCUT2D eigenvalue weighted by atomic mass is 32.2. The van der Waals surface area contributed by atoms with Crippen molar-refractivity contribution >= 4 is 32.4 Å². The lowest BCUT2D eigenvalue weighted by Gasteiger charge is -2.07. The summed E-state index contributed by atoms with van der Waals surface area (Å²) in [5.41, 5.74) is 4.76. The van der Waals surface area contributed by atoms with Crippen molar-refractivity contribution in [1.82, 2.24) is 9.36 Å². The summed E-state index contributed by atoms with van der Waals surface area (Å²) in [6, 6.07) is 1.12. The summed E-state index contributed by atoms with van der Waals surface area (Å²) in [6.45, 7) is 1.57. The molecule has 0 aliphatic rings. The molecule has 0 atom stereocenters. The number of nitrogens with zero attached hydrogens (tertiary/aromatic N) is 2. The fourth-order valence-electron chi connectivity index (χ4n) is 1.26. The molecule has 2 aromatic rings. The van der Waals surface area contributed by atoms with Crippen LogP contribution in [0, 0.1) is 18.6 Å². The molecule has 19 heavy (non-hydrogen) atoms. The number of hydrogen-bond acceptors (Lipinski definition) is 6. The minimum absolute atomic E-state index is 0.0141. The molecule has 0 fully saturated rings. The number of nitrogen functional groups attached to an aromatic ring is 1. The van der Waals surface area contributed by atoms with E-state index in [0.717, 1.165) is 11.5 Å². The van der Waals surface area contributed by atoms with Crippen LogP contribution in [0.25, 0.3) is 0 Å². The fourth-order valence-corrected chi connectivity index (χ4v) is 3.15. The normalized spacial score (nSPS) is 11.5. The average Bonchev–Trinajstić information content (AvgIpc) is 2.68. The number of hydrogen-bond donors (Lipinski definition) is 2. The van der Waals surface area contributed by atoms with Crippen molar-refractivity contribution in [2.75, 3.05) is 10.5 Å². The number of anilines is 2. The first kappa shape index (κ1) is 13.6. The van der Waals surface area contributed by atoms with Crippen LogP contribution in [0.2, 0.25) is 0 Å². The van der Waals surface area contributed by atoms with Gasteiger partial charge in [-0.2, -0.15) is 4.37 Å². The molecule has 0 spiro atoms. The quantitative estimate of drug-likeness (QED) is 0.838. The monoisotopic (exact) mass is 306 g/mol. The molecule has 1 aromatic heterocycles. The van der Waals surface area contributed by atoms with Gasteiger partial charge in [-0.1, -0.05) is 0 Å². The van der Waals surface area contributed by atoms with E-state index in [9.17, 15) is 17.2 Å². The SMILES string of the molecule is Cc1nsc(NS(=O)(=O)c2cc(N)c(F)cc2F)n1. The Morgan fingerprint density at radius 2 is 2.00 bits per heavy atom. The second kappa shape index (κ2) is 4.70. The molecule has 0 radical (unpaired) electrons. The zero-order chi connectivity index (χ0) is 14.2. The maximum Gasteiger partial charge on any atom is 0.266 e. The van der Waals surface area contributed by atoms with Gasteiger partial charge in [-0.05, 0) is 13.0 Å². The number of nitrogens with one attached hydrogen (secondary N) is 1. The summed E-state index contributed by atoms with van der Waals surface area (Å²) in [6.07, 6.45) is 0. The van der Waals surface area contributed by atoms with Crippen LogP contribution in [0.15, 0.2) is 17.0 Å². The number of halogens is 2. The molecule has 10 heteroatoms. The fraction of sp³-hybridized carbons (Fsp3) is 0.111. The summed E-state index contributed by atoms with van der Waals surface area (Å²) in [5.74, 6) is -1.88. The van der Waals surface area contributed by atoms with Crippen molar-refractivity contribution in [3.63, 3.8) is 0 Å². The van der Waals surface area contributed by atoms with Gasteiger partial charge in [-0.15, -0.1) is 0 Å². The van der Waals surface area contributed by atoms with Gasteiger partial charge in [0, 0.05) is 17.6 Å². The van der Waals surface area contributed by atoms with Crippen molar-refractivity contribution in [2.45, 2.75) is 11.8 Å². The first-order valence-electron chi connectivity index (χ1n) is 4.87. The molecule has 102 valence electrons. The van der Waals surface area contributed by atoms with Crippen LogP contribution in [0.4, 0.5) is 19.6 Å². The zero-order valence-corrected chi connectivity index (χ0v) is 11.1. The largest absolute Gasteiger partial charge is 0.396 e. The first-order chi connectivity index (χ1) is 8.79. The average molecular weight is 306 g/mol. The van der Waals surface area contributed by atoms with Crippen molar-refractivity contribution in [3.05, 3.63) is 29.6 Å². The van der Waals surface area contributed by atoms with Gasteiger partial charge < -0.3 is 5.73 Å². The van der Waals surface area contributed by atoms with Crippen LogP contribution < -0.4 is 10.5 Å². The van der Waals surface area contributed by atoms with Gasteiger partial charge in [0.25, 0.3) is 10.0 Å². The third kappa shape index (κ3) is 2.79. The van der Waals surface area contributed by atoms with Crippen LogP contribution in [0.1, 0.15) is 5.82 Å². The molecule has 6 nitrogen and oxygen atoms in total. The lowest BCUT2D eigenvalue weighted by molar-refractivity contribution is 0.553. The smallest absolute Gasteiger partial charge is 0.266 e. The lowest BCUT2D eigenvalue weighted by Crippen LogP contribution is -2.15. The molecular weight excluding hydrogens is 298 g/mol. The zero-order valence-electron chi connectivity index (χ0n) is 9.52. The van der Waals surface area contributed by atoms with E-state index in [1.807, 2.05) is 4.72 Å². The Bertz CT molecular complexity index is 730. The second-order valence-corrected chi connectivity index (χ2v) is 5.96. The third-order valence-electron chi connectivity index (χ3n) is 2.09. The molecule has 3 N–H and O–H groups in total. The molecule has 1 aromatic carbocycles. The Labute approximate surface area is 111 Å². The molecule has 0 bridgehead atoms. The minimum atomic E-state index is -4.23. The van der Waals surface area contributed by atoms with Gasteiger partial charge in [0.1, 0.15) is 22.4 Å². The molecule has 0 aliphatic carbocycles. The highest BCUT2D eigenvalue weighted by Crippen LogP contribution is 2.23. The Kier molecular flexibility index (Phi) is 3.37. The van der Waals surface area contributed by atoms with Gasteiger partial charge in [0.05, 0.1) is 5.69 Å². The van der Waals surface area contributed by atoms with E-state index < -0.39 is 32.2 Å². The van der Waals surface area contributed by atoms with E-state index in [4.69, 9.17) is 5.73 Å². The summed E-state index contributed by atoms with van der Waals surface area (Å²) in [7, 11) is -4.23. The Hall–Kier alpha value is -1.81. The molecular formula is C9H8F2N4O2S2. The van der Waals surface area contributed by atoms with E-state index in [1.165, 1.54) is 0 Å². The van der Waals surface area contributed by atoms with Gasteiger partial charge in [0.15, 0.2) is 0 Å². The Morgan fingerprint density at radius 3 is 2.58 bits per heavy atom. The predicted molar refractivity (Wildman–Crippen MR) is 66.2 cm³/mol. The van der Waals surface area contributed by atoms with Crippen molar-refractivity contribution in [3.8, 4) is 0 Å². The van der Waals surface area contributed by atoms with Gasteiger partial charge in [0.2, 0.25) is 5.13 Å². The van der Waals surface area contributed by atoms with E-state index in [0.29, 0.717) is 18.0 Å². The van der Waals surface area contributed by atoms with Crippen LogP contribution in [0.3, 0.4) is 0 Å². The molecule has 0 saturated heterocycles. The number of nitrogens with two attached hydrogens (primary N) is 1. The summed E-state index contributed by atoms with van der Waals surface area (Å²) >= 11 is 0.805. The number of benzene rings is 1. The van der Waals surface area contributed by atoms with E-state index >= 15 is 0 Å². The van der Waals surface area contributed by atoms with Gasteiger partial charge >= 0.3 is 0 Å². The standard InChI is InChI=1S/C9H8F2N4O2S2/c1-4-13-9(18-14-4)15-19(16,17)8-3-7(12)5(10)2-6(8)11/h2-3H,12H2,1H3,(H,13,14,15). The van der Waals surface area contributed by atoms with Gasteiger partial charge in [-0.25, -0.2) is 22.2 Å². The molecule has 2 rings (SSSR count). The summed E-state index contributed by atoms with van der Waals surface area (Å²) in [4.78, 5) is 3.03. The van der Waals surface area contributed by atoms with Crippen molar-refractivity contribution in [1.29, 1.82) is 0 Å². The number of sulfonamides is 1. The number of aryl methyl sites for hydroxylation is 1. The number of aromatic nitrogens is 2. The lowest BCUT2D eigenvalue weighted by atomic mass is 10.3. The van der Waals surface area contributed by atoms with Gasteiger partial charge in [-0.3, -0.25) is 4.72 Å². The maximum atomic E-state index is 13.5. The van der Waals surface area contributed by atoms with Crippen LogP contribution in [-0.4, -0.2) is 17.8 Å². The Balaban J connectivity index is 2.42. The highest BCUT2D eigenvalue weighted by molar-refractivity contribution is 7.93. The predicted octanol–water partition coefficient (Wildman–Crippen LogP) is 1.51. The molecule has 0 unspecified atom stereocenters. The molecule has 0 amide bonds. The van der Waals surface area contributed by atoms with Crippen LogP contribution in [0.5, 0.6) is 0 Å². The second-order valence-electron chi connectivity index (χ2n) is 3.56. The van der Waals surface area contributed by atoms with Crippen LogP contribution in [-0.2, 0) is 10.0 Å². The van der Waals surface area contributed by atoms with Crippen LogP contribution >= 0.6 is 11.5 Å². The third-order valence-corrected chi connectivity index (χ3v) is 4.29. The maximum absolute atomic E-state index is 13.5. The highest BCUT2D eigenvalue weighted by Gasteiger charge is 2.22. The summed E-state index contributed by atoms with van der Waals surface area (Å²) < 4.78 is 56.1. The topological polar surface area (TPSA) is 98.0 Å². The molecule has 0 aliphatic heterocycles. The van der Waals surface area contributed by atoms with E-state index in [2.05, 4.69) is 9.36 Å². The molecule has 0 saturated carbocycles. The van der Waals surface area contributed by atoms with Crippen molar-refractivity contribution < 1.29 is 17.2 Å². The van der Waals surface area contributed by atoms with E-state index in [-0.39, 0.29) is 5.13 Å². The molecule has 1 heterocycles. The summed E-state index contributed by atoms with van der Waals surface area (Å²) in [5, 5.41) is -0.0141. The first-order valence-corrected chi connectivity index (χ1v) is 7.13. The van der Waals surface area contributed by atoms with E-state index in [1.54, 1.807) is 6.92 Å². The Morgan fingerprint density at radius 1 is 1.32 bits per heavy atom. The number of rotatable bonds is 3. The van der Waals surface area contributed by atoms with Crippen molar-refractivity contribution in [2.24, 2.45) is 0 Å². The minimum Gasteiger partial charge on any atom is -0.396 e.